The molecule has 0 saturated heterocycles. The van der Waals surface area contributed by atoms with Gasteiger partial charge in [0.2, 0.25) is 10.0 Å². The van der Waals surface area contributed by atoms with Gasteiger partial charge in [0.05, 0.1) is 25.3 Å². The summed E-state index contributed by atoms with van der Waals surface area (Å²) in [6, 6.07) is 18.4. The first-order chi connectivity index (χ1) is 16.1. The number of hydrogen-bond donors (Lipinski definition) is 2. The molecular formula is C25H28BrNO6S. The second-order valence-electron chi connectivity index (χ2n) is 7.88. The van der Waals surface area contributed by atoms with Crippen molar-refractivity contribution in [3.63, 3.8) is 0 Å². The number of ether oxygens (including phenoxy) is 2. The number of phenolic OH excluding ortho intramolecular Hbond substituents is 1. The summed E-state index contributed by atoms with van der Waals surface area (Å²) in [4.78, 5) is -0.0271. The lowest BCUT2D eigenvalue weighted by Crippen LogP contribution is -2.49. The number of rotatable bonds is 10. The first kappa shape index (κ1) is 26.0. The first-order valence-electron chi connectivity index (χ1n) is 10.7. The van der Waals surface area contributed by atoms with Gasteiger partial charge < -0.3 is 19.7 Å². The minimum absolute atomic E-state index is 0.0271. The van der Waals surface area contributed by atoms with Crippen molar-refractivity contribution in [2.45, 2.75) is 36.9 Å². The second kappa shape index (κ2) is 11.2. The zero-order valence-electron chi connectivity index (χ0n) is 19.1. The van der Waals surface area contributed by atoms with Crippen molar-refractivity contribution in [3.8, 4) is 17.2 Å². The number of phenols is 1. The van der Waals surface area contributed by atoms with E-state index in [1.165, 1.54) is 29.6 Å². The summed E-state index contributed by atoms with van der Waals surface area (Å²) in [5, 5.41) is 20.7. The fraction of sp³-hybridized carbons (Fsp3) is 0.280. The van der Waals surface area contributed by atoms with E-state index in [1.54, 1.807) is 50.2 Å². The van der Waals surface area contributed by atoms with Crippen molar-refractivity contribution in [1.29, 1.82) is 0 Å². The molecule has 9 heteroatoms. The number of aliphatic hydroxyl groups is 1. The van der Waals surface area contributed by atoms with Crippen LogP contribution in [0.2, 0.25) is 0 Å². The molecule has 2 N–H and O–H groups in total. The Morgan fingerprint density at radius 1 is 1.00 bits per heavy atom. The van der Waals surface area contributed by atoms with Crippen LogP contribution in [0.3, 0.4) is 0 Å². The van der Waals surface area contributed by atoms with E-state index in [4.69, 9.17) is 9.47 Å². The number of aliphatic hydroxyl groups excluding tert-OH is 1. The summed E-state index contributed by atoms with van der Waals surface area (Å²) in [6.07, 6.45) is -1.16. The van der Waals surface area contributed by atoms with Gasteiger partial charge in [-0.15, -0.1) is 0 Å². The van der Waals surface area contributed by atoms with E-state index in [1.807, 2.05) is 18.2 Å². The number of methoxy groups -OCH3 is 1. The maximum absolute atomic E-state index is 14.0. The molecule has 0 amide bonds. The van der Waals surface area contributed by atoms with Crippen molar-refractivity contribution in [2.75, 3.05) is 13.7 Å². The zero-order chi connectivity index (χ0) is 24.9. The zero-order valence-corrected chi connectivity index (χ0v) is 21.5. The average Bonchev–Trinajstić information content (AvgIpc) is 2.83. The molecule has 0 heterocycles. The first-order valence-corrected chi connectivity index (χ1v) is 12.9. The Morgan fingerprint density at radius 3 is 2.26 bits per heavy atom. The third kappa shape index (κ3) is 5.90. The molecule has 0 fully saturated rings. The molecule has 7 nitrogen and oxygen atoms in total. The number of halogens is 1. The maximum Gasteiger partial charge on any atom is 0.247 e. The van der Waals surface area contributed by atoms with Crippen LogP contribution < -0.4 is 9.47 Å². The minimum atomic E-state index is -4.14. The Bertz CT molecular complexity index is 1190. The lowest BCUT2D eigenvalue weighted by atomic mass is 10.0. The molecule has 0 saturated carbocycles. The molecule has 0 aliphatic heterocycles. The van der Waals surface area contributed by atoms with Crippen molar-refractivity contribution >= 4 is 26.0 Å². The van der Waals surface area contributed by atoms with E-state index in [2.05, 4.69) is 15.9 Å². The normalized spacial score (nSPS) is 14.4. The van der Waals surface area contributed by atoms with E-state index >= 15 is 0 Å². The topological polar surface area (TPSA) is 96.3 Å². The molecule has 0 aliphatic carbocycles. The van der Waals surface area contributed by atoms with Crippen molar-refractivity contribution < 1.29 is 28.1 Å². The van der Waals surface area contributed by atoms with Crippen molar-refractivity contribution in [1.82, 2.24) is 4.31 Å². The molecule has 0 radical (unpaired) electrons. The molecular weight excluding hydrogens is 522 g/mol. The third-order valence-corrected chi connectivity index (χ3v) is 8.06. The van der Waals surface area contributed by atoms with E-state index in [-0.39, 0.29) is 23.0 Å². The summed E-state index contributed by atoms with van der Waals surface area (Å²) in [5.74, 6) is 0.853. The summed E-state index contributed by atoms with van der Waals surface area (Å²) in [6.45, 7) is 3.43. The van der Waals surface area contributed by atoms with Gasteiger partial charge in [0.25, 0.3) is 0 Å². The van der Waals surface area contributed by atoms with Crippen LogP contribution in [0.1, 0.15) is 25.5 Å². The van der Waals surface area contributed by atoms with Crippen molar-refractivity contribution in [2.24, 2.45) is 0 Å². The lowest BCUT2D eigenvalue weighted by molar-refractivity contribution is 0.0730. The standard InChI is InChI=1S/C25H28BrNO6S/c1-17(16-33-22-7-5-4-6-8-22)27(18(2)25(29)19-9-12-21(28)13-10-19)34(30,31)24-15-20(26)11-14-23(24)32-3/h4-15,17-18,25,28-29H,16H2,1-3H3. The molecule has 3 unspecified atom stereocenters. The van der Waals surface area contributed by atoms with Crippen LogP contribution in [-0.4, -0.2) is 48.7 Å². The molecule has 3 aromatic carbocycles. The predicted octanol–water partition coefficient (Wildman–Crippen LogP) is 4.74. The molecule has 0 spiro atoms. The fourth-order valence-electron chi connectivity index (χ4n) is 3.72. The van der Waals surface area contributed by atoms with Gasteiger partial charge in [-0.05, 0) is 61.9 Å². The molecule has 3 rings (SSSR count). The number of nitrogens with zero attached hydrogens (tertiary/aromatic N) is 1. The van der Waals surface area contributed by atoms with Crippen molar-refractivity contribution in [3.05, 3.63) is 82.8 Å². The SMILES string of the molecule is COc1ccc(Br)cc1S(=O)(=O)N(C(C)COc1ccccc1)C(C)C(O)c1ccc(O)cc1. The van der Waals surface area contributed by atoms with E-state index in [0.29, 0.717) is 15.8 Å². The van der Waals surface area contributed by atoms with Gasteiger partial charge in [-0.25, -0.2) is 8.42 Å². The van der Waals surface area contributed by atoms with Crippen LogP contribution >= 0.6 is 15.9 Å². The number of sulfonamides is 1. The maximum atomic E-state index is 14.0. The van der Waals surface area contributed by atoms with Gasteiger partial charge in [0.1, 0.15) is 28.8 Å². The fourth-order valence-corrected chi connectivity index (χ4v) is 6.23. The Balaban J connectivity index is 2.01. The third-order valence-electron chi connectivity index (χ3n) is 5.44. The Kier molecular flexibility index (Phi) is 8.59. The second-order valence-corrected chi connectivity index (χ2v) is 10.6. The number of aromatic hydroxyl groups is 1. The molecule has 0 bridgehead atoms. The number of hydrogen-bond acceptors (Lipinski definition) is 6. The Labute approximate surface area is 208 Å². The molecule has 0 aliphatic rings. The Morgan fingerprint density at radius 2 is 1.65 bits per heavy atom. The monoisotopic (exact) mass is 549 g/mol. The van der Waals surface area contributed by atoms with Gasteiger partial charge in [0.15, 0.2) is 0 Å². The average molecular weight is 550 g/mol. The number of benzene rings is 3. The van der Waals surface area contributed by atoms with E-state index in [9.17, 15) is 18.6 Å². The summed E-state index contributed by atoms with van der Waals surface area (Å²) in [7, 11) is -2.74. The molecule has 0 aromatic heterocycles. The highest BCUT2D eigenvalue weighted by atomic mass is 79.9. The highest BCUT2D eigenvalue weighted by molar-refractivity contribution is 9.10. The van der Waals surface area contributed by atoms with E-state index < -0.39 is 28.2 Å². The lowest BCUT2D eigenvalue weighted by Gasteiger charge is -2.36. The minimum Gasteiger partial charge on any atom is -0.508 e. The van der Waals surface area contributed by atoms with Gasteiger partial charge in [-0.1, -0.05) is 46.3 Å². The summed E-state index contributed by atoms with van der Waals surface area (Å²) in [5.41, 5.74) is 0.475. The molecule has 3 atom stereocenters. The summed E-state index contributed by atoms with van der Waals surface area (Å²) >= 11 is 3.34. The molecule has 34 heavy (non-hydrogen) atoms. The van der Waals surface area contributed by atoms with Crippen LogP contribution in [-0.2, 0) is 10.0 Å². The van der Waals surface area contributed by atoms with Gasteiger partial charge in [-0.3, -0.25) is 0 Å². The highest BCUT2D eigenvalue weighted by Crippen LogP contribution is 2.34. The summed E-state index contributed by atoms with van der Waals surface area (Å²) < 4.78 is 40.9. The predicted molar refractivity (Wildman–Crippen MR) is 134 cm³/mol. The van der Waals surface area contributed by atoms with Crippen LogP contribution in [0, 0.1) is 0 Å². The van der Waals surface area contributed by atoms with Crippen LogP contribution in [0.4, 0.5) is 0 Å². The highest BCUT2D eigenvalue weighted by Gasteiger charge is 2.39. The molecule has 182 valence electrons. The largest absolute Gasteiger partial charge is 0.508 e. The van der Waals surface area contributed by atoms with E-state index in [0.717, 1.165) is 0 Å². The van der Waals surface area contributed by atoms with Gasteiger partial charge in [-0.2, -0.15) is 4.31 Å². The Hall–Kier alpha value is -2.59. The number of para-hydroxylation sites is 1. The van der Waals surface area contributed by atoms with Crippen LogP contribution in [0.5, 0.6) is 17.2 Å². The van der Waals surface area contributed by atoms with Crippen LogP contribution in [0.15, 0.2) is 82.2 Å². The van der Waals surface area contributed by atoms with Gasteiger partial charge in [0, 0.05) is 4.47 Å². The quantitative estimate of drug-likeness (QED) is 0.379. The van der Waals surface area contributed by atoms with Crippen LogP contribution in [0.25, 0.3) is 0 Å². The van der Waals surface area contributed by atoms with Gasteiger partial charge >= 0.3 is 0 Å². The molecule has 3 aromatic rings. The smallest absolute Gasteiger partial charge is 0.247 e.